The molecule has 3 aromatic rings. The normalized spacial score (nSPS) is 12.1. The monoisotopic (exact) mass is 585 g/mol. The van der Waals surface area contributed by atoms with Gasteiger partial charge in [0.1, 0.15) is 18.3 Å². The summed E-state index contributed by atoms with van der Waals surface area (Å²) in [6.45, 7) is 6.87. The fourth-order valence-corrected chi connectivity index (χ4v) is 5.88. The number of amides is 2. The van der Waals surface area contributed by atoms with E-state index in [0.717, 1.165) is 15.4 Å². The summed E-state index contributed by atoms with van der Waals surface area (Å²) in [5.74, 6) is -0.555. The van der Waals surface area contributed by atoms with Crippen molar-refractivity contribution in [1.29, 1.82) is 0 Å². The molecular formula is C30H36ClN3O5S. The summed E-state index contributed by atoms with van der Waals surface area (Å²) < 4.78 is 34.5. The molecule has 2 amide bonds. The number of carbonyl (C=O) groups is 2. The van der Waals surface area contributed by atoms with Crippen LogP contribution >= 0.6 is 11.6 Å². The van der Waals surface area contributed by atoms with E-state index in [1.54, 1.807) is 60.7 Å². The van der Waals surface area contributed by atoms with Crippen LogP contribution in [0.4, 0.5) is 5.69 Å². The van der Waals surface area contributed by atoms with Crippen molar-refractivity contribution in [2.45, 2.75) is 57.6 Å². The predicted molar refractivity (Wildman–Crippen MR) is 158 cm³/mol. The Morgan fingerprint density at radius 3 is 2.23 bits per heavy atom. The third-order valence-electron chi connectivity index (χ3n) is 6.30. The van der Waals surface area contributed by atoms with Crippen molar-refractivity contribution < 1.29 is 22.7 Å². The number of methoxy groups -OCH3 is 1. The smallest absolute Gasteiger partial charge is 0.264 e. The number of benzene rings is 3. The Hall–Kier alpha value is -3.56. The number of sulfonamides is 1. The number of aryl methyl sites for hydroxylation is 1. The lowest BCUT2D eigenvalue weighted by Crippen LogP contribution is -2.53. The molecule has 0 aliphatic carbocycles. The number of anilines is 1. The van der Waals surface area contributed by atoms with Crippen molar-refractivity contribution in [2.75, 3.05) is 18.0 Å². The van der Waals surface area contributed by atoms with Gasteiger partial charge in [0.2, 0.25) is 11.8 Å². The molecule has 0 unspecified atom stereocenters. The molecule has 3 rings (SSSR count). The van der Waals surface area contributed by atoms with Gasteiger partial charge < -0.3 is 15.0 Å². The molecule has 40 heavy (non-hydrogen) atoms. The topological polar surface area (TPSA) is 96.0 Å². The second-order valence-corrected chi connectivity index (χ2v) is 12.0. The summed E-state index contributed by atoms with van der Waals surface area (Å²) in [6.07, 6.45) is 0.330. The zero-order valence-electron chi connectivity index (χ0n) is 23.4. The Bertz CT molecular complexity index is 1410. The highest BCUT2D eigenvalue weighted by Crippen LogP contribution is 2.33. The lowest BCUT2D eigenvalue weighted by atomic mass is 10.1. The SMILES string of the molecule is CC[C@@H](C(=O)NC(C)C)N(Cc1ccc(Cl)cc1)C(=O)CN(c1cc(C)ccc1OC)S(=O)(=O)c1ccccc1. The Morgan fingerprint density at radius 1 is 1.00 bits per heavy atom. The van der Waals surface area contributed by atoms with Crippen LogP contribution in [0, 0.1) is 6.92 Å². The van der Waals surface area contributed by atoms with E-state index in [9.17, 15) is 18.0 Å². The van der Waals surface area contributed by atoms with Gasteiger partial charge >= 0.3 is 0 Å². The van der Waals surface area contributed by atoms with Crippen molar-refractivity contribution >= 4 is 39.1 Å². The van der Waals surface area contributed by atoms with Gasteiger partial charge in [0.15, 0.2) is 0 Å². The van der Waals surface area contributed by atoms with Crippen molar-refractivity contribution in [2.24, 2.45) is 0 Å². The van der Waals surface area contributed by atoms with E-state index >= 15 is 0 Å². The maximum atomic E-state index is 14.1. The molecule has 1 N–H and O–H groups in total. The number of hydrogen-bond donors (Lipinski definition) is 1. The zero-order valence-corrected chi connectivity index (χ0v) is 25.0. The fourth-order valence-electron chi connectivity index (χ4n) is 4.31. The van der Waals surface area contributed by atoms with E-state index < -0.39 is 28.5 Å². The minimum absolute atomic E-state index is 0.0280. The molecule has 0 aliphatic rings. The van der Waals surface area contributed by atoms with Gasteiger partial charge in [-0.25, -0.2) is 8.42 Å². The van der Waals surface area contributed by atoms with Crippen LogP contribution in [0.15, 0.2) is 77.7 Å². The predicted octanol–water partition coefficient (Wildman–Crippen LogP) is 5.18. The van der Waals surface area contributed by atoms with E-state index in [-0.39, 0.29) is 29.1 Å². The molecule has 0 heterocycles. The first-order valence-corrected chi connectivity index (χ1v) is 14.9. The molecule has 0 bridgehead atoms. The number of nitrogens with zero attached hydrogens (tertiary/aromatic N) is 2. The highest BCUT2D eigenvalue weighted by atomic mass is 35.5. The van der Waals surface area contributed by atoms with Crippen LogP contribution < -0.4 is 14.4 Å². The molecular weight excluding hydrogens is 550 g/mol. The summed E-state index contributed by atoms with van der Waals surface area (Å²) in [6, 6.07) is 19.0. The van der Waals surface area contributed by atoms with Gasteiger partial charge in [0.25, 0.3) is 10.0 Å². The quantitative estimate of drug-likeness (QED) is 0.316. The van der Waals surface area contributed by atoms with Crippen molar-refractivity contribution in [3.8, 4) is 5.75 Å². The Labute approximate surface area is 241 Å². The van der Waals surface area contributed by atoms with Crippen molar-refractivity contribution in [1.82, 2.24) is 10.2 Å². The zero-order chi connectivity index (χ0) is 29.4. The molecule has 8 nitrogen and oxygen atoms in total. The highest BCUT2D eigenvalue weighted by Gasteiger charge is 2.35. The Morgan fingerprint density at radius 2 is 1.65 bits per heavy atom. The van der Waals surface area contributed by atoms with E-state index in [4.69, 9.17) is 16.3 Å². The molecule has 0 saturated carbocycles. The third kappa shape index (κ3) is 7.55. The molecule has 3 aromatic carbocycles. The summed E-state index contributed by atoms with van der Waals surface area (Å²) in [5.41, 5.74) is 1.77. The number of hydrogen-bond acceptors (Lipinski definition) is 5. The van der Waals surface area contributed by atoms with Crippen molar-refractivity contribution in [3.63, 3.8) is 0 Å². The molecule has 0 spiro atoms. The van der Waals surface area contributed by atoms with Gasteiger partial charge in [-0.15, -0.1) is 0 Å². The lowest BCUT2D eigenvalue weighted by molar-refractivity contribution is -0.140. The molecule has 0 aliphatic heterocycles. The molecule has 1 atom stereocenters. The number of halogens is 1. The third-order valence-corrected chi connectivity index (χ3v) is 8.32. The van der Waals surface area contributed by atoms with Gasteiger partial charge in [0, 0.05) is 17.6 Å². The highest BCUT2D eigenvalue weighted by molar-refractivity contribution is 7.92. The standard InChI is InChI=1S/C30H36ClN3O5S/c1-6-26(30(36)32-21(2)3)33(19-23-13-15-24(31)16-14-23)29(35)20-34(27-18-22(4)12-17-28(27)39-5)40(37,38)25-10-8-7-9-11-25/h7-18,21,26H,6,19-20H2,1-5H3,(H,32,36)/t26-/m0/s1. The van der Waals surface area contributed by atoms with E-state index in [2.05, 4.69) is 5.32 Å². The first kappa shape index (κ1) is 31.0. The Kier molecular flexibility index (Phi) is 10.6. The first-order chi connectivity index (χ1) is 19.0. The first-order valence-electron chi connectivity index (χ1n) is 13.0. The van der Waals surface area contributed by atoms with Crippen LogP contribution in [0.2, 0.25) is 5.02 Å². The summed E-state index contributed by atoms with van der Waals surface area (Å²) in [4.78, 5) is 28.8. The van der Waals surface area contributed by atoms with Crippen LogP contribution in [0.5, 0.6) is 5.75 Å². The van der Waals surface area contributed by atoms with Gasteiger partial charge in [0.05, 0.1) is 17.7 Å². The fraction of sp³-hybridized carbons (Fsp3) is 0.333. The average Bonchev–Trinajstić information content (AvgIpc) is 2.92. The molecule has 0 fully saturated rings. The van der Waals surface area contributed by atoms with E-state index in [1.165, 1.54) is 24.1 Å². The molecule has 10 heteroatoms. The molecule has 0 aromatic heterocycles. The molecule has 214 valence electrons. The summed E-state index contributed by atoms with van der Waals surface area (Å²) in [5, 5.41) is 3.42. The second-order valence-electron chi connectivity index (χ2n) is 9.74. The number of rotatable bonds is 12. The van der Waals surface area contributed by atoms with Crippen LogP contribution in [0.1, 0.15) is 38.3 Å². The Balaban J connectivity index is 2.12. The van der Waals surface area contributed by atoms with Gasteiger partial charge in [-0.2, -0.15) is 0 Å². The van der Waals surface area contributed by atoms with Gasteiger partial charge in [-0.05, 0) is 74.7 Å². The largest absolute Gasteiger partial charge is 0.495 e. The maximum Gasteiger partial charge on any atom is 0.264 e. The van der Waals surface area contributed by atoms with Gasteiger partial charge in [-0.1, -0.05) is 54.9 Å². The molecule has 0 radical (unpaired) electrons. The minimum atomic E-state index is -4.19. The number of nitrogens with one attached hydrogen (secondary N) is 1. The second kappa shape index (κ2) is 13.7. The van der Waals surface area contributed by atoms with Gasteiger partial charge in [-0.3, -0.25) is 13.9 Å². The minimum Gasteiger partial charge on any atom is -0.495 e. The summed E-state index contributed by atoms with van der Waals surface area (Å²) >= 11 is 6.06. The van der Waals surface area contributed by atoms with Crippen LogP contribution in [-0.4, -0.2) is 50.9 Å². The van der Waals surface area contributed by atoms with E-state index in [1.807, 2.05) is 27.7 Å². The molecule has 0 saturated heterocycles. The lowest BCUT2D eigenvalue weighted by Gasteiger charge is -2.34. The van der Waals surface area contributed by atoms with Crippen LogP contribution in [0.3, 0.4) is 0 Å². The van der Waals surface area contributed by atoms with Crippen LogP contribution in [-0.2, 0) is 26.2 Å². The number of ether oxygens (including phenoxy) is 1. The summed E-state index contributed by atoms with van der Waals surface area (Å²) in [7, 11) is -2.75. The maximum absolute atomic E-state index is 14.1. The van der Waals surface area contributed by atoms with E-state index in [0.29, 0.717) is 17.2 Å². The number of carbonyl (C=O) groups excluding carboxylic acids is 2. The van der Waals surface area contributed by atoms with Crippen LogP contribution in [0.25, 0.3) is 0 Å². The average molecular weight is 586 g/mol. The van der Waals surface area contributed by atoms with Crippen molar-refractivity contribution in [3.05, 3.63) is 88.9 Å².